The predicted molar refractivity (Wildman–Crippen MR) is 110 cm³/mol. The highest BCUT2D eigenvalue weighted by molar-refractivity contribution is 7.90. The Morgan fingerprint density at radius 2 is 1.61 bits per heavy atom. The van der Waals surface area contributed by atoms with E-state index in [1.165, 1.54) is 35.1 Å². The topological polar surface area (TPSA) is 105 Å². The van der Waals surface area contributed by atoms with Crippen molar-refractivity contribution in [1.29, 1.82) is 0 Å². The summed E-state index contributed by atoms with van der Waals surface area (Å²) in [6.07, 6.45) is 2.35. The van der Waals surface area contributed by atoms with Crippen LogP contribution in [0.1, 0.15) is 0 Å². The van der Waals surface area contributed by atoms with Gasteiger partial charge < -0.3 is 9.47 Å². The Bertz CT molecular complexity index is 1250. The number of nitrogens with zero attached hydrogens (tertiary/aromatic N) is 4. The number of sulfone groups is 1. The second-order valence-corrected chi connectivity index (χ2v) is 8.91. The molecule has 4 rings (SSSR count). The molecule has 0 unspecified atom stereocenters. The van der Waals surface area contributed by atoms with Crippen molar-refractivity contribution in [3.8, 4) is 22.5 Å². The highest BCUT2D eigenvalue weighted by atomic mass is 32.2. The molecular formula is C20H21FN4O5S. The summed E-state index contributed by atoms with van der Waals surface area (Å²) in [7, 11) is -3.67. The van der Waals surface area contributed by atoms with E-state index in [1.54, 1.807) is 10.7 Å². The van der Waals surface area contributed by atoms with E-state index in [1.807, 2.05) is 0 Å². The number of rotatable bonds is 3. The second-order valence-electron chi connectivity index (χ2n) is 7.00. The normalized spacial score (nSPS) is 15.4. The first-order valence-electron chi connectivity index (χ1n) is 9.65. The largest absolute Gasteiger partial charge is 0.377 e. The fraction of sp³-hybridized carbons (Fsp3) is 0.350. The molecule has 0 fully saturated rings. The van der Waals surface area contributed by atoms with Crippen molar-refractivity contribution >= 4 is 9.84 Å². The Morgan fingerprint density at radius 1 is 0.968 bits per heavy atom. The minimum atomic E-state index is -3.67. The summed E-state index contributed by atoms with van der Waals surface area (Å²) < 4.78 is 51.9. The first kappa shape index (κ1) is 21.3. The molecule has 1 aliphatic heterocycles. The molecule has 0 N–H and O–H groups in total. The van der Waals surface area contributed by atoms with Gasteiger partial charge in [-0.2, -0.15) is 0 Å². The third-order valence-electron chi connectivity index (χ3n) is 4.84. The third kappa shape index (κ3) is 4.43. The quantitative estimate of drug-likeness (QED) is 0.557. The molecule has 11 heteroatoms. The van der Waals surface area contributed by atoms with Gasteiger partial charge >= 0.3 is 0 Å². The summed E-state index contributed by atoms with van der Waals surface area (Å²) in [4.78, 5) is 21.5. The molecule has 0 aliphatic carbocycles. The van der Waals surface area contributed by atoms with Crippen molar-refractivity contribution in [3.05, 3.63) is 52.7 Å². The van der Waals surface area contributed by atoms with Gasteiger partial charge in [0.15, 0.2) is 0 Å². The Hall–Kier alpha value is -2.89. The summed E-state index contributed by atoms with van der Waals surface area (Å²) in [6.45, 7) is 2.10. The smallest absolute Gasteiger partial charge is 0.275 e. The number of fused-ring (bicyclic) bond motifs is 1. The van der Waals surface area contributed by atoms with Gasteiger partial charge in [0.1, 0.15) is 5.82 Å². The average Bonchev–Trinajstić information content (AvgIpc) is 3.02. The van der Waals surface area contributed by atoms with Crippen LogP contribution in [0.5, 0.6) is 0 Å². The maximum absolute atomic E-state index is 13.5. The number of ether oxygens (including phenoxy) is 2. The van der Waals surface area contributed by atoms with Crippen LogP contribution in [0.3, 0.4) is 0 Å². The lowest BCUT2D eigenvalue weighted by atomic mass is 10.0. The molecule has 0 amide bonds. The predicted octanol–water partition coefficient (Wildman–Crippen LogP) is 1.36. The van der Waals surface area contributed by atoms with E-state index in [4.69, 9.17) is 9.47 Å². The van der Waals surface area contributed by atoms with Gasteiger partial charge in [0.05, 0.1) is 56.5 Å². The molecule has 3 heterocycles. The molecule has 0 saturated heterocycles. The molecule has 0 atom stereocenters. The zero-order valence-corrected chi connectivity index (χ0v) is 17.6. The van der Waals surface area contributed by atoms with Crippen molar-refractivity contribution < 1.29 is 22.3 Å². The van der Waals surface area contributed by atoms with E-state index in [9.17, 15) is 17.6 Å². The minimum absolute atomic E-state index is 0.267. The Balaban J connectivity index is 1.99. The number of halogens is 1. The van der Waals surface area contributed by atoms with Gasteiger partial charge in [-0.15, -0.1) is 0 Å². The maximum Gasteiger partial charge on any atom is 0.275 e. The number of aromatic nitrogens is 4. The highest BCUT2D eigenvalue weighted by Crippen LogP contribution is 2.30. The lowest BCUT2D eigenvalue weighted by Crippen LogP contribution is -2.29. The number of benzene rings is 1. The van der Waals surface area contributed by atoms with E-state index in [0.717, 1.165) is 6.26 Å². The van der Waals surface area contributed by atoms with E-state index in [0.29, 0.717) is 44.2 Å². The van der Waals surface area contributed by atoms with Gasteiger partial charge in [-0.3, -0.25) is 9.48 Å². The summed E-state index contributed by atoms with van der Waals surface area (Å²) in [5, 5.41) is -0.345. The van der Waals surface area contributed by atoms with Crippen molar-refractivity contribution in [2.45, 2.75) is 18.2 Å². The molecule has 0 saturated carbocycles. The molecule has 164 valence electrons. The molecule has 0 radical (unpaired) electrons. The van der Waals surface area contributed by atoms with Gasteiger partial charge in [0.25, 0.3) is 5.56 Å². The zero-order valence-electron chi connectivity index (χ0n) is 16.8. The minimum Gasteiger partial charge on any atom is -0.377 e. The van der Waals surface area contributed by atoms with Crippen molar-refractivity contribution in [2.75, 3.05) is 32.7 Å². The Kier molecular flexibility index (Phi) is 5.99. The number of hydrogen-bond donors (Lipinski definition) is 0. The Labute approximate surface area is 178 Å². The molecule has 1 aliphatic rings. The van der Waals surface area contributed by atoms with E-state index < -0.39 is 15.7 Å². The zero-order chi connectivity index (χ0) is 22.0. The van der Waals surface area contributed by atoms with Crippen LogP contribution in [-0.4, -0.2) is 60.4 Å². The molecule has 0 spiro atoms. The number of hydrogen-bond acceptors (Lipinski definition) is 7. The van der Waals surface area contributed by atoms with Gasteiger partial charge in [-0.25, -0.2) is 27.5 Å². The fourth-order valence-corrected chi connectivity index (χ4v) is 3.97. The fourth-order valence-electron chi connectivity index (χ4n) is 3.46. The first-order valence-corrected chi connectivity index (χ1v) is 11.5. The van der Waals surface area contributed by atoms with Crippen molar-refractivity contribution in [1.82, 2.24) is 19.3 Å². The Morgan fingerprint density at radius 3 is 2.26 bits per heavy atom. The standard InChI is InChI=1S/C20H21FN4O5S/c1-31(27,28)20-22-7-6-16(23-20)18-17(14-2-4-15(21)5-3-14)19(26)25-9-11-30-13-12-29-10-8-24(18)25/h2-7H,8-13H2,1H3. The molecule has 2 aromatic heterocycles. The van der Waals surface area contributed by atoms with Crippen LogP contribution < -0.4 is 5.56 Å². The third-order valence-corrected chi connectivity index (χ3v) is 5.70. The van der Waals surface area contributed by atoms with Gasteiger partial charge in [-0.05, 0) is 23.8 Å². The van der Waals surface area contributed by atoms with Gasteiger partial charge in [0, 0.05) is 12.5 Å². The lowest BCUT2D eigenvalue weighted by molar-refractivity contribution is 0.0289. The van der Waals surface area contributed by atoms with Gasteiger partial charge in [-0.1, -0.05) is 12.1 Å². The molecule has 3 aromatic rings. The van der Waals surface area contributed by atoms with Crippen LogP contribution in [-0.2, 0) is 32.4 Å². The van der Waals surface area contributed by atoms with E-state index in [-0.39, 0.29) is 28.5 Å². The summed E-state index contributed by atoms with van der Waals surface area (Å²) in [6, 6.07) is 7.09. The SMILES string of the molecule is CS(=O)(=O)c1nccc(-c2c(-c3ccc(F)cc3)c(=O)n3n2CCOCCOCC3)n1. The molecule has 31 heavy (non-hydrogen) atoms. The van der Waals surface area contributed by atoms with Crippen LogP contribution >= 0.6 is 0 Å². The average molecular weight is 448 g/mol. The summed E-state index contributed by atoms with van der Waals surface area (Å²) >= 11 is 0. The van der Waals surface area contributed by atoms with Crippen molar-refractivity contribution in [2.24, 2.45) is 0 Å². The van der Waals surface area contributed by atoms with Crippen LogP contribution in [0.2, 0.25) is 0 Å². The second kappa shape index (κ2) is 8.69. The van der Waals surface area contributed by atoms with E-state index in [2.05, 4.69) is 9.97 Å². The van der Waals surface area contributed by atoms with Crippen LogP contribution in [0.15, 0.2) is 46.5 Å². The van der Waals surface area contributed by atoms with Crippen LogP contribution in [0.4, 0.5) is 4.39 Å². The van der Waals surface area contributed by atoms with Crippen molar-refractivity contribution in [3.63, 3.8) is 0 Å². The highest BCUT2D eigenvalue weighted by Gasteiger charge is 2.25. The first-order chi connectivity index (χ1) is 14.9. The van der Waals surface area contributed by atoms with Crippen LogP contribution in [0, 0.1) is 5.82 Å². The van der Waals surface area contributed by atoms with Crippen LogP contribution in [0.25, 0.3) is 22.5 Å². The lowest BCUT2D eigenvalue weighted by Gasteiger charge is -2.17. The molecule has 1 aromatic carbocycles. The monoisotopic (exact) mass is 448 g/mol. The maximum atomic E-state index is 13.5. The van der Waals surface area contributed by atoms with E-state index >= 15 is 0 Å². The molecule has 9 nitrogen and oxygen atoms in total. The van der Waals surface area contributed by atoms with Gasteiger partial charge in [0.2, 0.25) is 15.0 Å². The molecule has 0 bridgehead atoms. The molecular weight excluding hydrogens is 427 g/mol. The summed E-state index contributed by atoms with van der Waals surface area (Å²) in [5.41, 5.74) is 1.14. The summed E-state index contributed by atoms with van der Waals surface area (Å²) in [5.74, 6) is -0.431.